The van der Waals surface area contributed by atoms with Crippen molar-refractivity contribution in [2.45, 2.75) is 45.4 Å². The van der Waals surface area contributed by atoms with E-state index in [-0.39, 0.29) is 0 Å². The molecule has 0 atom stereocenters. The Balaban J connectivity index is 2.02. The van der Waals surface area contributed by atoms with Crippen molar-refractivity contribution in [2.75, 3.05) is 26.8 Å². The Hall–Kier alpha value is -0.860. The van der Waals surface area contributed by atoms with E-state index in [1.54, 1.807) is 7.11 Å². The third kappa shape index (κ3) is 8.02. The van der Waals surface area contributed by atoms with Gasteiger partial charge in [-0.2, -0.15) is 0 Å². The lowest BCUT2D eigenvalue weighted by atomic mass is 10.0. The maximum atomic E-state index is 4.99. The molecule has 0 aliphatic heterocycles. The second kappa shape index (κ2) is 11.0. The number of hydrogen-bond acceptors (Lipinski definition) is 2. The van der Waals surface area contributed by atoms with Crippen LogP contribution in [-0.2, 0) is 17.6 Å². The van der Waals surface area contributed by atoms with E-state index < -0.39 is 0 Å². The quantitative estimate of drug-likeness (QED) is 0.616. The number of methoxy groups -OCH3 is 1. The van der Waals surface area contributed by atoms with Crippen molar-refractivity contribution >= 4 is 0 Å². The van der Waals surface area contributed by atoms with Gasteiger partial charge in [0.1, 0.15) is 0 Å². The third-order valence-electron chi connectivity index (χ3n) is 3.36. The van der Waals surface area contributed by atoms with Gasteiger partial charge in [0.05, 0.1) is 6.61 Å². The highest BCUT2D eigenvalue weighted by Crippen LogP contribution is 2.10. The van der Waals surface area contributed by atoms with Gasteiger partial charge < -0.3 is 10.1 Å². The Morgan fingerprint density at radius 3 is 2.21 bits per heavy atom. The molecule has 2 heteroatoms. The molecule has 0 aromatic heterocycles. The van der Waals surface area contributed by atoms with E-state index in [9.17, 15) is 0 Å². The molecular formula is C17H29NO. The Morgan fingerprint density at radius 1 is 0.895 bits per heavy atom. The van der Waals surface area contributed by atoms with Gasteiger partial charge in [-0.15, -0.1) is 0 Å². The molecule has 0 amide bonds. The van der Waals surface area contributed by atoms with Crippen molar-refractivity contribution in [1.29, 1.82) is 0 Å². The number of aryl methyl sites for hydroxylation is 2. The van der Waals surface area contributed by atoms with Crippen LogP contribution in [-0.4, -0.2) is 26.8 Å². The Kier molecular flexibility index (Phi) is 9.38. The maximum Gasteiger partial charge on any atom is 0.0587 e. The lowest BCUT2D eigenvalue weighted by molar-refractivity contribution is 0.199. The number of benzene rings is 1. The predicted molar refractivity (Wildman–Crippen MR) is 82.7 cm³/mol. The van der Waals surface area contributed by atoms with Crippen molar-refractivity contribution in [3.63, 3.8) is 0 Å². The zero-order chi connectivity index (χ0) is 13.8. The summed E-state index contributed by atoms with van der Waals surface area (Å²) >= 11 is 0. The first-order chi connectivity index (χ1) is 9.36. The van der Waals surface area contributed by atoms with Gasteiger partial charge in [-0.05, 0) is 43.4 Å². The molecule has 0 unspecified atom stereocenters. The van der Waals surface area contributed by atoms with Gasteiger partial charge in [0.15, 0.2) is 0 Å². The minimum atomic E-state index is 0.810. The molecule has 0 aliphatic rings. The van der Waals surface area contributed by atoms with Crippen LogP contribution in [0.2, 0.25) is 0 Å². The number of nitrogens with one attached hydrogen (secondary N) is 1. The molecule has 1 rings (SSSR count). The van der Waals surface area contributed by atoms with Crippen LogP contribution in [0.25, 0.3) is 0 Å². The lowest BCUT2D eigenvalue weighted by Crippen LogP contribution is -2.20. The van der Waals surface area contributed by atoms with Crippen molar-refractivity contribution in [2.24, 2.45) is 0 Å². The summed E-state index contributed by atoms with van der Waals surface area (Å²) in [7, 11) is 1.74. The monoisotopic (exact) mass is 263 g/mol. The Labute approximate surface area is 118 Å². The lowest BCUT2D eigenvalue weighted by Gasteiger charge is -2.05. The molecule has 19 heavy (non-hydrogen) atoms. The smallest absolute Gasteiger partial charge is 0.0587 e. The summed E-state index contributed by atoms with van der Waals surface area (Å²) in [6, 6.07) is 9.15. The molecule has 0 aliphatic carbocycles. The second-order valence-corrected chi connectivity index (χ2v) is 5.12. The van der Waals surface area contributed by atoms with E-state index in [1.165, 1.54) is 49.7 Å². The van der Waals surface area contributed by atoms with Gasteiger partial charge in [0.25, 0.3) is 0 Å². The van der Waals surface area contributed by atoms with Gasteiger partial charge in [-0.3, -0.25) is 0 Å². The third-order valence-corrected chi connectivity index (χ3v) is 3.36. The molecule has 0 fully saturated rings. The maximum absolute atomic E-state index is 4.99. The fourth-order valence-corrected chi connectivity index (χ4v) is 2.22. The highest BCUT2D eigenvalue weighted by atomic mass is 16.5. The zero-order valence-corrected chi connectivity index (χ0v) is 12.6. The SMILES string of the molecule is CCCc1ccc(CCCCCNCCOC)cc1. The Morgan fingerprint density at radius 2 is 1.58 bits per heavy atom. The average Bonchev–Trinajstić information content (AvgIpc) is 2.44. The molecule has 108 valence electrons. The van der Waals surface area contributed by atoms with Gasteiger partial charge in [-0.25, -0.2) is 0 Å². The highest BCUT2D eigenvalue weighted by Gasteiger charge is 1.95. The van der Waals surface area contributed by atoms with Crippen molar-refractivity contribution in [3.05, 3.63) is 35.4 Å². The number of ether oxygens (including phenoxy) is 1. The van der Waals surface area contributed by atoms with E-state index in [0.717, 1.165) is 19.7 Å². The fourth-order valence-electron chi connectivity index (χ4n) is 2.22. The fraction of sp³-hybridized carbons (Fsp3) is 0.647. The van der Waals surface area contributed by atoms with Crippen LogP contribution in [0.1, 0.15) is 43.7 Å². The standard InChI is InChI=1S/C17H29NO/c1-3-7-16-9-11-17(12-10-16)8-5-4-6-13-18-14-15-19-2/h9-12,18H,3-8,13-15H2,1-2H3. The molecule has 0 saturated carbocycles. The molecule has 2 nitrogen and oxygen atoms in total. The van der Waals surface area contributed by atoms with Gasteiger partial charge in [0.2, 0.25) is 0 Å². The number of rotatable bonds is 11. The summed E-state index contributed by atoms with van der Waals surface area (Å²) in [5.74, 6) is 0. The summed E-state index contributed by atoms with van der Waals surface area (Å²) in [6.45, 7) is 5.12. The van der Waals surface area contributed by atoms with E-state index in [2.05, 4.69) is 36.5 Å². The molecular weight excluding hydrogens is 234 g/mol. The van der Waals surface area contributed by atoms with E-state index in [0.29, 0.717) is 0 Å². The van der Waals surface area contributed by atoms with Crippen LogP contribution in [0, 0.1) is 0 Å². The summed E-state index contributed by atoms with van der Waals surface area (Å²) in [5, 5.41) is 3.38. The molecule has 0 bridgehead atoms. The predicted octanol–water partition coefficient (Wildman–Crippen LogP) is 3.59. The van der Waals surface area contributed by atoms with Crippen LogP contribution in [0.4, 0.5) is 0 Å². The van der Waals surface area contributed by atoms with Gasteiger partial charge in [0, 0.05) is 13.7 Å². The molecule has 0 saturated heterocycles. The van der Waals surface area contributed by atoms with E-state index in [4.69, 9.17) is 4.74 Å². The number of unbranched alkanes of at least 4 members (excludes halogenated alkanes) is 2. The first-order valence-electron chi connectivity index (χ1n) is 7.64. The molecule has 1 aromatic rings. The molecule has 0 spiro atoms. The first kappa shape index (κ1) is 16.2. The zero-order valence-electron chi connectivity index (χ0n) is 12.6. The van der Waals surface area contributed by atoms with Gasteiger partial charge in [-0.1, -0.05) is 44.0 Å². The molecule has 1 N–H and O–H groups in total. The number of hydrogen-bond donors (Lipinski definition) is 1. The highest BCUT2D eigenvalue weighted by molar-refractivity contribution is 5.22. The van der Waals surface area contributed by atoms with Crippen molar-refractivity contribution < 1.29 is 4.74 Å². The minimum Gasteiger partial charge on any atom is -0.383 e. The minimum absolute atomic E-state index is 0.810. The normalized spacial score (nSPS) is 10.8. The van der Waals surface area contributed by atoms with E-state index >= 15 is 0 Å². The van der Waals surface area contributed by atoms with Crippen LogP contribution < -0.4 is 5.32 Å². The average molecular weight is 263 g/mol. The van der Waals surface area contributed by atoms with Crippen LogP contribution >= 0.6 is 0 Å². The topological polar surface area (TPSA) is 21.3 Å². The summed E-state index contributed by atoms with van der Waals surface area (Å²) < 4.78 is 4.99. The summed E-state index contributed by atoms with van der Waals surface area (Å²) in [5.41, 5.74) is 2.95. The molecule has 0 radical (unpaired) electrons. The second-order valence-electron chi connectivity index (χ2n) is 5.12. The first-order valence-corrected chi connectivity index (χ1v) is 7.64. The van der Waals surface area contributed by atoms with Crippen LogP contribution in [0.15, 0.2) is 24.3 Å². The van der Waals surface area contributed by atoms with Crippen LogP contribution in [0.5, 0.6) is 0 Å². The van der Waals surface area contributed by atoms with Crippen molar-refractivity contribution in [1.82, 2.24) is 5.32 Å². The van der Waals surface area contributed by atoms with Crippen molar-refractivity contribution in [3.8, 4) is 0 Å². The summed E-state index contributed by atoms with van der Waals surface area (Å²) in [4.78, 5) is 0. The Bertz CT molecular complexity index is 308. The molecule has 0 heterocycles. The summed E-state index contributed by atoms with van der Waals surface area (Å²) in [6.07, 6.45) is 7.50. The molecule has 1 aromatic carbocycles. The van der Waals surface area contributed by atoms with Crippen LogP contribution in [0.3, 0.4) is 0 Å². The van der Waals surface area contributed by atoms with E-state index in [1.807, 2.05) is 0 Å². The van der Waals surface area contributed by atoms with Gasteiger partial charge >= 0.3 is 0 Å². The largest absolute Gasteiger partial charge is 0.383 e.